The van der Waals surface area contributed by atoms with Gasteiger partial charge in [-0.1, -0.05) is 55.2 Å². The molecule has 0 aliphatic rings. The van der Waals surface area contributed by atoms with E-state index in [0.29, 0.717) is 6.54 Å². The van der Waals surface area contributed by atoms with E-state index in [9.17, 15) is 8.42 Å². The molecule has 0 unspecified atom stereocenters. The molecule has 0 radical (unpaired) electrons. The highest BCUT2D eigenvalue weighted by atomic mass is 127. The standard InChI is InChI=1S/C11H24INO2S/c1-2-3-4-5-7-10-13-16(14,15)11-8-6-9-12/h13H,2-11H2,1H3. The van der Waals surface area contributed by atoms with Crippen molar-refractivity contribution in [1.82, 2.24) is 4.72 Å². The van der Waals surface area contributed by atoms with Gasteiger partial charge in [-0.15, -0.1) is 0 Å². The van der Waals surface area contributed by atoms with Gasteiger partial charge in [0.1, 0.15) is 0 Å². The zero-order valence-electron chi connectivity index (χ0n) is 10.2. The van der Waals surface area contributed by atoms with E-state index in [1.165, 1.54) is 19.3 Å². The second kappa shape index (κ2) is 10.8. The van der Waals surface area contributed by atoms with E-state index in [4.69, 9.17) is 0 Å². The number of halogens is 1. The van der Waals surface area contributed by atoms with E-state index in [-0.39, 0.29) is 5.75 Å². The second-order valence-electron chi connectivity index (χ2n) is 4.02. The molecule has 16 heavy (non-hydrogen) atoms. The highest BCUT2D eigenvalue weighted by molar-refractivity contribution is 14.1. The van der Waals surface area contributed by atoms with Crippen LogP contribution in [0.5, 0.6) is 0 Å². The summed E-state index contributed by atoms with van der Waals surface area (Å²) in [6.45, 7) is 2.78. The van der Waals surface area contributed by atoms with Gasteiger partial charge in [0.05, 0.1) is 5.75 Å². The van der Waals surface area contributed by atoms with Crippen LogP contribution < -0.4 is 4.72 Å². The molecule has 1 N–H and O–H groups in total. The fourth-order valence-corrected chi connectivity index (χ4v) is 3.14. The van der Waals surface area contributed by atoms with E-state index in [2.05, 4.69) is 34.2 Å². The van der Waals surface area contributed by atoms with Crippen molar-refractivity contribution in [2.75, 3.05) is 16.7 Å². The lowest BCUT2D eigenvalue weighted by molar-refractivity contribution is 0.568. The first kappa shape index (κ1) is 16.6. The Morgan fingerprint density at radius 1 is 1.00 bits per heavy atom. The molecule has 0 heterocycles. The van der Waals surface area contributed by atoms with Crippen LogP contribution in [0.1, 0.15) is 51.9 Å². The molecule has 3 nitrogen and oxygen atoms in total. The van der Waals surface area contributed by atoms with Crippen molar-refractivity contribution in [3.05, 3.63) is 0 Å². The highest BCUT2D eigenvalue weighted by Crippen LogP contribution is 2.02. The molecule has 0 fully saturated rings. The Kier molecular flexibility index (Phi) is 11.2. The monoisotopic (exact) mass is 361 g/mol. The van der Waals surface area contributed by atoms with Gasteiger partial charge in [0.25, 0.3) is 0 Å². The number of alkyl halides is 1. The summed E-state index contributed by atoms with van der Waals surface area (Å²) in [5.74, 6) is 0.283. The van der Waals surface area contributed by atoms with Gasteiger partial charge in [-0.3, -0.25) is 0 Å². The maximum Gasteiger partial charge on any atom is 0.211 e. The van der Waals surface area contributed by atoms with Gasteiger partial charge in [-0.2, -0.15) is 0 Å². The molecule has 0 aliphatic carbocycles. The Morgan fingerprint density at radius 3 is 2.31 bits per heavy atom. The van der Waals surface area contributed by atoms with Crippen LogP contribution in [0.25, 0.3) is 0 Å². The fourth-order valence-electron chi connectivity index (χ4n) is 1.41. The summed E-state index contributed by atoms with van der Waals surface area (Å²) >= 11 is 2.27. The maximum absolute atomic E-state index is 11.5. The Labute approximate surface area is 114 Å². The van der Waals surface area contributed by atoms with Crippen LogP contribution in [0.4, 0.5) is 0 Å². The van der Waals surface area contributed by atoms with Crippen LogP contribution in [0.3, 0.4) is 0 Å². The van der Waals surface area contributed by atoms with Crippen molar-refractivity contribution in [2.45, 2.75) is 51.9 Å². The molecule has 0 saturated carbocycles. The molecule has 0 bridgehead atoms. The maximum atomic E-state index is 11.5. The largest absolute Gasteiger partial charge is 0.215 e. The second-order valence-corrected chi connectivity index (χ2v) is 7.03. The highest BCUT2D eigenvalue weighted by Gasteiger charge is 2.07. The Hall–Kier alpha value is 0.640. The zero-order chi connectivity index (χ0) is 12.3. The van der Waals surface area contributed by atoms with Gasteiger partial charge in [0.2, 0.25) is 10.0 Å². The number of hydrogen-bond donors (Lipinski definition) is 1. The molecule has 0 aliphatic heterocycles. The van der Waals surface area contributed by atoms with Gasteiger partial charge in [0.15, 0.2) is 0 Å². The smallest absolute Gasteiger partial charge is 0.211 e. The van der Waals surface area contributed by atoms with Crippen LogP contribution in [-0.4, -0.2) is 25.1 Å². The van der Waals surface area contributed by atoms with E-state index in [1.54, 1.807) is 0 Å². The van der Waals surface area contributed by atoms with Crippen LogP contribution in [0, 0.1) is 0 Å². The number of hydrogen-bond acceptors (Lipinski definition) is 2. The number of unbranched alkanes of at least 4 members (excludes halogenated alkanes) is 5. The van der Waals surface area contributed by atoms with Gasteiger partial charge in [0, 0.05) is 6.54 Å². The Balaban J connectivity index is 3.43. The molecule has 0 rings (SSSR count). The summed E-state index contributed by atoms with van der Waals surface area (Å²) in [7, 11) is -3.00. The molecule has 5 heteroatoms. The van der Waals surface area contributed by atoms with Crippen molar-refractivity contribution < 1.29 is 8.42 Å². The van der Waals surface area contributed by atoms with E-state index >= 15 is 0 Å². The lowest BCUT2D eigenvalue weighted by atomic mass is 10.2. The number of rotatable bonds is 11. The first-order valence-corrected chi connectivity index (χ1v) is 9.33. The van der Waals surface area contributed by atoms with E-state index in [1.807, 2.05) is 0 Å². The summed E-state index contributed by atoms with van der Waals surface area (Å²) in [5.41, 5.74) is 0. The van der Waals surface area contributed by atoms with Gasteiger partial charge >= 0.3 is 0 Å². The molecule has 0 atom stereocenters. The summed E-state index contributed by atoms with van der Waals surface area (Å²) < 4.78 is 26.7. The molecule has 0 aromatic rings. The summed E-state index contributed by atoms with van der Waals surface area (Å²) in [6.07, 6.45) is 7.54. The summed E-state index contributed by atoms with van der Waals surface area (Å²) in [5, 5.41) is 0. The molecule has 98 valence electrons. The Bertz CT molecular complexity index is 242. The average Bonchev–Trinajstić information content (AvgIpc) is 2.23. The predicted octanol–water partition coefficient (Wildman–Crippen LogP) is 3.09. The SMILES string of the molecule is CCCCCCCNS(=O)(=O)CCCCI. The summed E-state index contributed by atoms with van der Waals surface area (Å²) in [4.78, 5) is 0. The van der Waals surface area contributed by atoms with Crippen molar-refractivity contribution >= 4 is 32.6 Å². The predicted molar refractivity (Wildman–Crippen MR) is 78.7 cm³/mol. The van der Waals surface area contributed by atoms with Gasteiger partial charge in [-0.05, 0) is 23.7 Å². The Morgan fingerprint density at radius 2 is 1.69 bits per heavy atom. The average molecular weight is 361 g/mol. The number of sulfonamides is 1. The number of nitrogens with one attached hydrogen (secondary N) is 1. The minimum Gasteiger partial charge on any atom is -0.215 e. The quantitative estimate of drug-likeness (QED) is 0.349. The topological polar surface area (TPSA) is 46.2 Å². The molecule has 0 spiro atoms. The van der Waals surface area contributed by atoms with Crippen molar-refractivity contribution in [3.63, 3.8) is 0 Å². The third-order valence-electron chi connectivity index (χ3n) is 2.40. The lowest BCUT2D eigenvalue weighted by Crippen LogP contribution is -2.27. The van der Waals surface area contributed by atoms with Crippen LogP contribution >= 0.6 is 22.6 Å². The van der Waals surface area contributed by atoms with Gasteiger partial charge in [-0.25, -0.2) is 13.1 Å². The van der Waals surface area contributed by atoms with Crippen molar-refractivity contribution in [3.8, 4) is 0 Å². The van der Waals surface area contributed by atoms with E-state index in [0.717, 1.165) is 30.1 Å². The third-order valence-corrected chi connectivity index (χ3v) is 4.63. The normalized spacial score (nSPS) is 11.9. The molecule has 0 aromatic heterocycles. The van der Waals surface area contributed by atoms with Gasteiger partial charge < -0.3 is 0 Å². The minimum absolute atomic E-state index is 0.283. The molecular weight excluding hydrogens is 337 g/mol. The molecule has 0 saturated heterocycles. The first-order chi connectivity index (χ1) is 7.62. The van der Waals surface area contributed by atoms with E-state index < -0.39 is 10.0 Å². The van der Waals surface area contributed by atoms with Crippen LogP contribution in [0.2, 0.25) is 0 Å². The zero-order valence-corrected chi connectivity index (χ0v) is 13.1. The van der Waals surface area contributed by atoms with Crippen LogP contribution in [0.15, 0.2) is 0 Å². The van der Waals surface area contributed by atoms with Crippen LogP contribution in [-0.2, 0) is 10.0 Å². The fraction of sp³-hybridized carbons (Fsp3) is 1.00. The molecular formula is C11H24INO2S. The molecule has 0 amide bonds. The van der Waals surface area contributed by atoms with Crippen molar-refractivity contribution in [2.24, 2.45) is 0 Å². The first-order valence-electron chi connectivity index (χ1n) is 6.15. The van der Waals surface area contributed by atoms with Crippen molar-refractivity contribution in [1.29, 1.82) is 0 Å². The summed E-state index contributed by atoms with van der Waals surface area (Å²) in [6, 6.07) is 0. The molecule has 0 aromatic carbocycles. The lowest BCUT2D eigenvalue weighted by Gasteiger charge is -2.05. The third kappa shape index (κ3) is 11.1. The minimum atomic E-state index is -3.00.